The van der Waals surface area contributed by atoms with Crippen LogP contribution in [0.1, 0.15) is 52.9 Å². The highest BCUT2D eigenvalue weighted by atomic mass is 15.2. The third-order valence-corrected chi connectivity index (χ3v) is 3.48. The van der Waals surface area contributed by atoms with Crippen LogP contribution in [0.4, 0.5) is 0 Å². The predicted octanol–water partition coefficient (Wildman–Crippen LogP) is 3.05. The molecule has 2 fully saturated rings. The lowest BCUT2D eigenvalue weighted by Crippen LogP contribution is -2.45. The molecule has 76 valence electrons. The zero-order chi connectivity index (χ0) is 9.53. The first-order valence-electron chi connectivity index (χ1n) is 5.77. The van der Waals surface area contributed by atoms with E-state index < -0.39 is 0 Å². The Hall–Kier alpha value is -0.0400. The summed E-state index contributed by atoms with van der Waals surface area (Å²) in [6.45, 7) is 9.73. The van der Waals surface area contributed by atoms with Crippen LogP contribution in [0.3, 0.4) is 0 Å². The van der Waals surface area contributed by atoms with Crippen molar-refractivity contribution in [3.63, 3.8) is 0 Å². The van der Waals surface area contributed by atoms with Gasteiger partial charge in [0, 0.05) is 12.1 Å². The fraction of sp³-hybridized carbons (Fsp3) is 1.00. The maximum absolute atomic E-state index is 2.77. The second-order valence-electron chi connectivity index (χ2n) is 6.16. The molecule has 0 atom stereocenters. The van der Waals surface area contributed by atoms with Crippen molar-refractivity contribution in [3.8, 4) is 0 Å². The average Bonchev–Trinajstić information content (AvgIpc) is 2.73. The van der Waals surface area contributed by atoms with E-state index in [1.54, 1.807) is 0 Å². The lowest BCUT2D eigenvalue weighted by Gasteiger charge is -2.40. The van der Waals surface area contributed by atoms with Crippen LogP contribution in [-0.4, -0.2) is 23.5 Å². The summed E-state index contributed by atoms with van der Waals surface area (Å²) in [4.78, 5) is 2.77. The highest BCUT2D eigenvalue weighted by Crippen LogP contribution is 2.49. The Balaban J connectivity index is 1.97. The minimum Gasteiger partial charge on any atom is -0.297 e. The molecule has 0 bridgehead atoms. The van der Waals surface area contributed by atoms with Crippen molar-refractivity contribution in [1.82, 2.24) is 4.90 Å². The van der Waals surface area contributed by atoms with Crippen molar-refractivity contribution < 1.29 is 0 Å². The summed E-state index contributed by atoms with van der Waals surface area (Å²) in [6.07, 6.45) is 7.33. The quantitative estimate of drug-likeness (QED) is 0.601. The molecule has 1 saturated carbocycles. The highest BCUT2D eigenvalue weighted by Gasteiger charge is 2.49. The predicted molar refractivity (Wildman–Crippen MR) is 56.8 cm³/mol. The summed E-state index contributed by atoms with van der Waals surface area (Å²) in [6, 6.07) is 0. The van der Waals surface area contributed by atoms with E-state index in [4.69, 9.17) is 0 Å². The molecule has 1 heteroatoms. The van der Waals surface area contributed by atoms with Gasteiger partial charge in [0.1, 0.15) is 0 Å². The van der Waals surface area contributed by atoms with Gasteiger partial charge in [0.15, 0.2) is 0 Å². The monoisotopic (exact) mass is 181 g/mol. The summed E-state index contributed by atoms with van der Waals surface area (Å²) < 4.78 is 0. The van der Waals surface area contributed by atoms with Crippen molar-refractivity contribution in [2.45, 2.75) is 58.4 Å². The highest BCUT2D eigenvalue weighted by molar-refractivity contribution is 5.05. The maximum Gasteiger partial charge on any atom is 0.0211 e. The van der Waals surface area contributed by atoms with Gasteiger partial charge in [-0.3, -0.25) is 4.90 Å². The van der Waals surface area contributed by atoms with Crippen LogP contribution in [0.15, 0.2) is 0 Å². The first-order chi connectivity index (χ1) is 6.02. The minimum absolute atomic E-state index is 0.479. The molecule has 0 aromatic rings. The molecule has 1 spiro atoms. The Kier molecular flexibility index (Phi) is 2.18. The number of hydrogen-bond acceptors (Lipinski definition) is 1. The topological polar surface area (TPSA) is 3.24 Å². The first-order valence-corrected chi connectivity index (χ1v) is 5.77. The van der Waals surface area contributed by atoms with Gasteiger partial charge < -0.3 is 0 Å². The molecule has 13 heavy (non-hydrogen) atoms. The van der Waals surface area contributed by atoms with Crippen molar-refractivity contribution in [1.29, 1.82) is 0 Å². The van der Waals surface area contributed by atoms with E-state index in [9.17, 15) is 0 Å². The molecule has 1 nitrogen and oxygen atoms in total. The second-order valence-corrected chi connectivity index (χ2v) is 6.16. The van der Waals surface area contributed by atoms with E-state index >= 15 is 0 Å². The number of rotatable bonds is 1. The molecule has 0 aromatic carbocycles. The molecule has 1 aliphatic carbocycles. The van der Waals surface area contributed by atoms with E-state index in [1.165, 1.54) is 45.2 Å². The summed E-state index contributed by atoms with van der Waals surface area (Å²) >= 11 is 0. The molecule has 0 radical (unpaired) electrons. The van der Waals surface area contributed by atoms with Crippen molar-refractivity contribution in [2.75, 3.05) is 13.1 Å². The molecule has 1 heterocycles. The largest absolute Gasteiger partial charge is 0.297 e. The molecule has 0 N–H and O–H groups in total. The lowest BCUT2D eigenvalue weighted by molar-refractivity contribution is 0.0873. The molecular weight excluding hydrogens is 158 g/mol. The maximum atomic E-state index is 2.77. The van der Waals surface area contributed by atoms with Gasteiger partial charge in [-0.25, -0.2) is 0 Å². The van der Waals surface area contributed by atoms with Crippen LogP contribution < -0.4 is 0 Å². The van der Waals surface area contributed by atoms with Crippen LogP contribution in [0, 0.1) is 5.41 Å². The third-order valence-electron chi connectivity index (χ3n) is 3.48. The van der Waals surface area contributed by atoms with Crippen molar-refractivity contribution in [3.05, 3.63) is 0 Å². The smallest absolute Gasteiger partial charge is 0.0211 e. The fourth-order valence-electron chi connectivity index (χ4n) is 2.68. The standard InChI is InChI=1S/C12H23N/c1-11(2,3)10-13-9-5-4-6-12(13)7-8-12/h4-10H2,1-3H3. The summed E-state index contributed by atoms with van der Waals surface area (Å²) in [5.74, 6) is 0. The Bertz CT molecular complexity index is 186. The van der Waals surface area contributed by atoms with E-state index in [1.807, 2.05) is 0 Å². The van der Waals surface area contributed by atoms with Gasteiger partial charge in [-0.05, 0) is 37.6 Å². The number of nitrogens with zero attached hydrogens (tertiary/aromatic N) is 1. The zero-order valence-electron chi connectivity index (χ0n) is 9.40. The lowest BCUT2D eigenvalue weighted by atomic mass is 9.91. The third kappa shape index (κ3) is 2.07. The van der Waals surface area contributed by atoms with Gasteiger partial charge in [0.2, 0.25) is 0 Å². The van der Waals surface area contributed by atoms with Crippen LogP contribution in [0.2, 0.25) is 0 Å². The average molecular weight is 181 g/mol. The normalized spacial score (nSPS) is 27.9. The zero-order valence-corrected chi connectivity index (χ0v) is 9.40. The van der Waals surface area contributed by atoms with Crippen LogP contribution >= 0.6 is 0 Å². The molecule has 2 rings (SSSR count). The van der Waals surface area contributed by atoms with Gasteiger partial charge in [-0.2, -0.15) is 0 Å². The van der Waals surface area contributed by atoms with Crippen molar-refractivity contribution in [2.24, 2.45) is 5.41 Å². The molecule has 0 unspecified atom stereocenters. The second kappa shape index (κ2) is 2.98. The summed E-state index contributed by atoms with van der Waals surface area (Å²) in [5, 5.41) is 0. The van der Waals surface area contributed by atoms with E-state index in [-0.39, 0.29) is 0 Å². The Morgan fingerprint density at radius 1 is 1.08 bits per heavy atom. The molecule has 0 amide bonds. The SMILES string of the molecule is CC(C)(C)CN1CCCCC12CC2. The van der Waals surface area contributed by atoms with Gasteiger partial charge in [0.05, 0.1) is 0 Å². The van der Waals surface area contributed by atoms with E-state index in [2.05, 4.69) is 25.7 Å². The van der Waals surface area contributed by atoms with Crippen molar-refractivity contribution >= 4 is 0 Å². The minimum atomic E-state index is 0.479. The summed E-state index contributed by atoms with van der Waals surface area (Å²) in [7, 11) is 0. The van der Waals surface area contributed by atoms with E-state index in [0.29, 0.717) is 11.0 Å². The number of piperidine rings is 1. The molecular formula is C12H23N. The Labute approximate surface area is 82.5 Å². The van der Waals surface area contributed by atoms with Crippen LogP contribution in [0.25, 0.3) is 0 Å². The van der Waals surface area contributed by atoms with Crippen LogP contribution in [0.5, 0.6) is 0 Å². The van der Waals surface area contributed by atoms with Gasteiger partial charge in [-0.1, -0.05) is 27.2 Å². The van der Waals surface area contributed by atoms with E-state index in [0.717, 1.165) is 0 Å². The first kappa shape index (κ1) is 9.51. The van der Waals surface area contributed by atoms with Gasteiger partial charge >= 0.3 is 0 Å². The van der Waals surface area contributed by atoms with Crippen LogP contribution in [-0.2, 0) is 0 Å². The Morgan fingerprint density at radius 2 is 1.77 bits per heavy atom. The van der Waals surface area contributed by atoms with Gasteiger partial charge in [-0.15, -0.1) is 0 Å². The fourth-order valence-corrected chi connectivity index (χ4v) is 2.68. The number of likely N-dealkylation sites (tertiary alicyclic amines) is 1. The summed E-state index contributed by atoms with van der Waals surface area (Å²) in [5.41, 5.74) is 1.17. The molecule has 0 aromatic heterocycles. The number of hydrogen-bond donors (Lipinski definition) is 0. The van der Waals surface area contributed by atoms with Gasteiger partial charge in [0.25, 0.3) is 0 Å². The molecule has 1 saturated heterocycles. The Morgan fingerprint density at radius 3 is 2.31 bits per heavy atom. The molecule has 2 aliphatic rings. The molecule has 1 aliphatic heterocycles.